The van der Waals surface area contributed by atoms with E-state index in [0.29, 0.717) is 6.54 Å². The lowest BCUT2D eigenvalue weighted by Crippen LogP contribution is -2.15. The molecule has 0 saturated carbocycles. The van der Waals surface area contributed by atoms with Crippen molar-refractivity contribution in [1.29, 1.82) is 0 Å². The van der Waals surface area contributed by atoms with Gasteiger partial charge in [0.1, 0.15) is 0 Å². The second kappa shape index (κ2) is 5.75. The number of benzene rings is 1. The number of aromatic nitrogens is 2. The highest BCUT2D eigenvalue weighted by atomic mass is 16.3. The van der Waals surface area contributed by atoms with E-state index in [1.807, 2.05) is 56.5 Å². The summed E-state index contributed by atoms with van der Waals surface area (Å²) in [5.41, 5.74) is 2.95. The van der Waals surface area contributed by atoms with E-state index in [9.17, 15) is 5.11 Å². The molecule has 5 heteroatoms. The number of hydrogen-bond acceptors (Lipinski definition) is 4. The molecule has 1 aromatic carbocycles. The molecule has 0 aliphatic heterocycles. The van der Waals surface area contributed by atoms with Crippen LogP contribution in [0.4, 0.5) is 11.6 Å². The predicted molar refractivity (Wildman–Crippen MR) is 77.2 cm³/mol. The Morgan fingerprint density at radius 1 is 1.32 bits per heavy atom. The molecule has 2 aromatic rings. The molecule has 1 heterocycles. The Morgan fingerprint density at radius 2 is 2.05 bits per heavy atom. The van der Waals surface area contributed by atoms with E-state index in [1.165, 1.54) is 0 Å². The van der Waals surface area contributed by atoms with Crippen LogP contribution in [0.5, 0.6) is 0 Å². The maximum Gasteiger partial charge on any atom is 0.204 e. The number of imidazole rings is 1. The van der Waals surface area contributed by atoms with Crippen molar-refractivity contribution >= 4 is 11.6 Å². The van der Waals surface area contributed by atoms with Crippen LogP contribution < -0.4 is 10.2 Å². The minimum absolute atomic E-state index is 0.0392. The summed E-state index contributed by atoms with van der Waals surface area (Å²) in [6.07, 6.45) is 1.86. The third kappa shape index (κ3) is 2.88. The number of para-hydroxylation sites is 1. The van der Waals surface area contributed by atoms with Gasteiger partial charge >= 0.3 is 0 Å². The molecule has 2 rings (SSSR count). The molecule has 0 aliphatic rings. The topological polar surface area (TPSA) is 53.3 Å². The van der Waals surface area contributed by atoms with Crippen molar-refractivity contribution in [1.82, 2.24) is 9.55 Å². The van der Waals surface area contributed by atoms with Crippen LogP contribution in [0.25, 0.3) is 0 Å². The zero-order valence-electron chi connectivity index (χ0n) is 11.6. The van der Waals surface area contributed by atoms with Gasteiger partial charge in [-0.2, -0.15) is 0 Å². The van der Waals surface area contributed by atoms with E-state index in [2.05, 4.69) is 14.9 Å². The Bertz CT molecular complexity index is 548. The molecule has 0 spiro atoms. The van der Waals surface area contributed by atoms with Crippen LogP contribution in [0.1, 0.15) is 11.3 Å². The normalized spacial score (nSPS) is 10.5. The van der Waals surface area contributed by atoms with Crippen molar-refractivity contribution in [2.75, 3.05) is 24.3 Å². The van der Waals surface area contributed by atoms with Gasteiger partial charge in [-0.15, -0.1) is 0 Å². The first-order valence-electron chi connectivity index (χ1n) is 6.24. The van der Waals surface area contributed by atoms with Crippen LogP contribution in [0, 0.1) is 0 Å². The van der Waals surface area contributed by atoms with Crippen LogP contribution in [-0.4, -0.2) is 28.8 Å². The summed E-state index contributed by atoms with van der Waals surface area (Å²) in [5.74, 6) is 0.923. The first-order chi connectivity index (χ1) is 9.13. The molecule has 0 bridgehead atoms. The van der Waals surface area contributed by atoms with Crippen molar-refractivity contribution < 1.29 is 5.11 Å². The van der Waals surface area contributed by atoms with Crippen LogP contribution in [0.3, 0.4) is 0 Å². The van der Waals surface area contributed by atoms with Crippen molar-refractivity contribution in [2.24, 2.45) is 7.05 Å². The number of aliphatic hydroxyl groups is 1. The third-order valence-electron chi connectivity index (χ3n) is 3.11. The van der Waals surface area contributed by atoms with Gasteiger partial charge in [-0.25, -0.2) is 4.98 Å². The standard InChI is InChI=1S/C14H20N4O/c1-17(2)14-16-9-12(18(14)3)8-15-13-7-5-4-6-11(13)10-19/h4-7,9,15,19H,8,10H2,1-3H3. The quantitative estimate of drug-likeness (QED) is 0.857. The number of anilines is 2. The molecule has 5 nitrogen and oxygen atoms in total. The van der Waals surface area contributed by atoms with E-state index >= 15 is 0 Å². The summed E-state index contributed by atoms with van der Waals surface area (Å²) in [4.78, 5) is 6.35. The zero-order chi connectivity index (χ0) is 13.8. The fourth-order valence-corrected chi connectivity index (χ4v) is 2.03. The van der Waals surface area contributed by atoms with Crippen molar-refractivity contribution in [2.45, 2.75) is 13.2 Å². The van der Waals surface area contributed by atoms with Gasteiger partial charge in [0.05, 0.1) is 25.0 Å². The molecule has 0 amide bonds. The second-order valence-electron chi connectivity index (χ2n) is 4.67. The SMILES string of the molecule is CN(C)c1ncc(CNc2ccccc2CO)n1C. The molecule has 0 radical (unpaired) electrons. The van der Waals surface area contributed by atoms with Crippen molar-refractivity contribution in [3.63, 3.8) is 0 Å². The minimum atomic E-state index is 0.0392. The molecule has 0 unspecified atom stereocenters. The largest absolute Gasteiger partial charge is 0.392 e. The number of nitrogens with zero attached hydrogens (tertiary/aromatic N) is 3. The molecule has 19 heavy (non-hydrogen) atoms. The molecular formula is C14H20N4O. The Morgan fingerprint density at radius 3 is 2.68 bits per heavy atom. The Balaban J connectivity index is 2.10. The van der Waals surface area contributed by atoms with Crippen LogP contribution in [0.2, 0.25) is 0 Å². The summed E-state index contributed by atoms with van der Waals surface area (Å²) in [6.45, 7) is 0.714. The average Bonchev–Trinajstić information content (AvgIpc) is 2.78. The van der Waals surface area contributed by atoms with Gasteiger partial charge < -0.3 is 19.9 Å². The minimum Gasteiger partial charge on any atom is -0.392 e. The van der Waals surface area contributed by atoms with Crippen molar-refractivity contribution in [3.8, 4) is 0 Å². The van der Waals surface area contributed by atoms with Gasteiger partial charge in [-0.3, -0.25) is 0 Å². The first-order valence-corrected chi connectivity index (χ1v) is 6.24. The second-order valence-corrected chi connectivity index (χ2v) is 4.67. The van der Waals surface area contributed by atoms with Gasteiger partial charge in [0.25, 0.3) is 0 Å². The Labute approximate surface area is 113 Å². The fraction of sp³-hybridized carbons (Fsp3) is 0.357. The molecule has 102 valence electrons. The third-order valence-corrected chi connectivity index (χ3v) is 3.11. The molecule has 2 N–H and O–H groups in total. The monoisotopic (exact) mass is 260 g/mol. The Kier molecular flexibility index (Phi) is 4.06. The smallest absolute Gasteiger partial charge is 0.204 e. The molecule has 0 atom stereocenters. The van der Waals surface area contributed by atoms with E-state index < -0.39 is 0 Å². The number of hydrogen-bond donors (Lipinski definition) is 2. The van der Waals surface area contributed by atoms with Crippen molar-refractivity contribution in [3.05, 3.63) is 41.7 Å². The van der Waals surface area contributed by atoms with E-state index in [-0.39, 0.29) is 6.61 Å². The molecule has 0 fully saturated rings. The van der Waals surface area contributed by atoms with Gasteiger partial charge in [0.2, 0.25) is 5.95 Å². The summed E-state index contributed by atoms with van der Waals surface area (Å²) >= 11 is 0. The number of aliphatic hydroxyl groups excluding tert-OH is 1. The van der Waals surface area contributed by atoms with E-state index in [0.717, 1.165) is 22.9 Å². The maximum atomic E-state index is 9.28. The lowest BCUT2D eigenvalue weighted by atomic mass is 10.2. The zero-order valence-corrected chi connectivity index (χ0v) is 11.6. The lowest BCUT2D eigenvalue weighted by Gasteiger charge is -2.14. The van der Waals surface area contributed by atoms with Gasteiger partial charge in [-0.1, -0.05) is 18.2 Å². The van der Waals surface area contributed by atoms with E-state index in [1.54, 1.807) is 0 Å². The van der Waals surface area contributed by atoms with Crippen LogP contribution >= 0.6 is 0 Å². The molecule has 0 saturated heterocycles. The number of nitrogens with one attached hydrogen (secondary N) is 1. The molecule has 1 aromatic heterocycles. The first kappa shape index (κ1) is 13.4. The molecular weight excluding hydrogens is 240 g/mol. The van der Waals surface area contributed by atoms with Gasteiger partial charge in [0.15, 0.2) is 0 Å². The lowest BCUT2D eigenvalue weighted by molar-refractivity contribution is 0.282. The highest BCUT2D eigenvalue weighted by Crippen LogP contribution is 2.17. The van der Waals surface area contributed by atoms with Gasteiger partial charge in [-0.05, 0) is 6.07 Å². The molecule has 0 aliphatic carbocycles. The highest BCUT2D eigenvalue weighted by molar-refractivity contribution is 5.51. The predicted octanol–water partition coefficient (Wildman–Crippen LogP) is 1.59. The Hall–Kier alpha value is -2.01. The summed E-state index contributed by atoms with van der Waals surface area (Å²) in [7, 11) is 5.94. The van der Waals surface area contributed by atoms with Gasteiger partial charge in [0, 0.05) is 32.4 Å². The maximum absolute atomic E-state index is 9.28. The van der Waals surface area contributed by atoms with E-state index in [4.69, 9.17) is 0 Å². The highest BCUT2D eigenvalue weighted by Gasteiger charge is 2.08. The van der Waals surface area contributed by atoms with Crippen LogP contribution in [0.15, 0.2) is 30.5 Å². The average molecular weight is 260 g/mol. The fourth-order valence-electron chi connectivity index (χ4n) is 2.03. The summed E-state index contributed by atoms with van der Waals surface area (Å²) in [5, 5.41) is 12.6. The number of rotatable bonds is 5. The summed E-state index contributed by atoms with van der Waals surface area (Å²) in [6, 6.07) is 7.76. The van der Waals surface area contributed by atoms with Crippen LogP contribution in [-0.2, 0) is 20.2 Å². The summed E-state index contributed by atoms with van der Waals surface area (Å²) < 4.78 is 2.05.